The number of ether oxygens (including phenoxy) is 1. The zero-order valence-electron chi connectivity index (χ0n) is 12.5. The number of alkyl halides is 1. The summed E-state index contributed by atoms with van der Waals surface area (Å²) in [6, 6.07) is 6.29. The number of halogens is 1. The van der Waals surface area contributed by atoms with Crippen LogP contribution in [0, 0.1) is 6.92 Å². The molecule has 0 spiro atoms. The second-order valence-electron chi connectivity index (χ2n) is 5.38. The van der Waals surface area contributed by atoms with Gasteiger partial charge in [-0.2, -0.15) is 0 Å². The van der Waals surface area contributed by atoms with Crippen molar-refractivity contribution in [2.75, 3.05) is 6.61 Å². The molecular weight excluding hydrogens is 272 g/mol. The molecule has 20 heavy (non-hydrogen) atoms. The van der Waals surface area contributed by atoms with E-state index in [0.29, 0.717) is 12.0 Å². The zero-order chi connectivity index (χ0) is 14.5. The SMILES string of the molecule is Cc1cccc2c1nc(CCl)n2CCCCOC(C)C. The van der Waals surface area contributed by atoms with E-state index < -0.39 is 0 Å². The normalized spacial score (nSPS) is 11.7. The van der Waals surface area contributed by atoms with Crippen LogP contribution in [-0.2, 0) is 17.2 Å². The maximum atomic E-state index is 6.03. The molecule has 0 aliphatic heterocycles. The van der Waals surface area contributed by atoms with Crippen molar-refractivity contribution < 1.29 is 4.74 Å². The smallest absolute Gasteiger partial charge is 0.124 e. The molecule has 0 radical (unpaired) electrons. The van der Waals surface area contributed by atoms with E-state index in [1.54, 1.807) is 0 Å². The molecule has 0 unspecified atom stereocenters. The van der Waals surface area contributed by atoms with Crippen LogP contribution in [-0.4, -0.2) is 22.3 Å². The van der Waals surface area contributed by atoms with Crippen molar-refractivity contribution in [3.63, 3.8) is 0 Å². The van der Waals surface area contributed by atoms with E-state index in [0.717, 1.165) is 37.3 Å². The van der Waals surface area contributed by atoms with Crippen LogP contribution < -0.4 is 0 Å². The molecule has 0 fully saturated rings. The second kappa shape index (κ2) is 7.09. The number of aromatic nitrogens is 2. The lowest BCUT2D eigenvalue weighted by atomic mass is 10.2. The maximum Gasteiger partial charge on any atom is 0.124 e. The number of hydrogen-bond donors (Lipinski definition) is 0. The number of para-hydroxylation sites is 1. The van der Waals surface area contributed by atoms with E-state index in [2.05, 4.69) is 48.5 Å². The third-order valence-corrected chi connectivity index (χ3v) is 3.65. The van der Waals surface area contributed by atoms with Gasteiger partial charge in [0, 0.05) is 13.2 Å². The van der Waals surface area contributed by atoms with Gasteiger partial charge >= 0.3 is 0 Å². The number of unbranched alkanes of at least 4 members (excludes halogenated alkanes) is 1. The highest BCUT2D eigenvalue weighted by atomic mass is 35.5. The Balaban J connectivity index is 2.07. The van der Waals surface area contributed by atoms with Crippen molar-refractivity contribution in [3.05, 3.63) is 29.6 Å². The molecule has 4 heteroatoms. The van der Waals surface area contributed by atoms with Crippen LogP contribution in [0.3, 0.4) is 0 Å². The van der Waals surface area contributed by atoms with Gasteiger partial charge in [-0.25, -0.2) is 4.98 Å². The molecule has 2 rings (SSSR count). The van der Waals surface area contributed by atoms with Gasteiger partial charge < -0.3 is 9.30 Å². The van der Waals surface area contributed by atoms with E-state index in [-0.39, 0.29) is 0 Å². The van der Waals surface area contributed by atoms with Crippen molar-refractivity contribution in [1.29, 1.82) is 0 Å². The molecule has 1 heterocycles. The fourth-order valence-corrected chi connectivity index (χ4v) is 2.58. The van der Waals surface area contributed by atoms with Gasteiger partial charge in [0.1, 0.15) is 5.82 Å². The summed E-state index contributed by atoms with van der Waals surface area (Å²) in [7, 11) is 0. The standard InChI is InChI=1S/C16H23ClN2O/c1-12(2)20-10-5-4-9-19-14-8-6-7-13(3)16(14)18-15(19)11-17/h6-8,12H,4-5,9-11H2,1-3H3. The quantitative estimate of drug-likeness (QED) is 0.563. The Kier molecular flexibility index (Phi) is 5.44. The van der Waals surface area contributed by atoms with Crippen molar-refractivity contribution >= 4 is 22.6 Å². The molecule has 0 N–H and O–H groups in total. The Morgan fingerprint density at radius 3 is 2.80 bits per heavy atom. The van der Waals surface area contributed by atoms with Gasteiger partial charge in [-0.3, -0.25) is 0 Å². The first-order chi connectivity index (χ1) is 9.63. The van der Waals surface area contributed by atoms with Crippen LogP contribution in [0.25, 0.3) is 11.0 Å². The molecule has 1 aromatic carbocycles. The molecule has 110 valence electrons. The Morgan fingerprint density at radius 2 is 2.10 bits per heavy atom. The van der Waals surface area contributed by atoms with Gasteiger partial charge in [-0.05, 0) is 45.2 Å². The molecule has 3 nitrogen and oxygen atoms in total. The van der Waals surface area contributed by atoms with Crippen molar-refractivity contribution in [3.8, 4) is 0 Å². The van der Waals surface area contributed by atoms with Gasteiger partial charge in [0.05, 0.1) is 23.0 Å². The maximum absolute atomic E-state index is 6.03. The van der Waals surface area contributed by atoms with Gasteiger partial charge in [0.25, 0.3) is 0 Å². The summed E-state index contributed by atoms with van der Waals surface area (Å²) >= 11 is 6.03. The molecule has 0 aliphatic rings. The van der Waals surface area contributed by atoms with Crippen LogP contribution in [0.2, 0.25) is 0 Å². The van der Waals surface area contributed by atoms with Crippen molar-refractivity contribution in [2.24, 2.45) is 0 Å². The lowest BCUT2D eigenvalue weighted by Crippen LogP contribution is -2.06. The van der Waals surface area contributed by atoms with E-state index in [1.165, 1.54) is 11.1 Å². The first kappa shape index (κ1) is 15.3. The van der Waals surface area contributed by atoms with Crippen molar-refractivity contribution in [1.82, 2.24) is 9.55 Å². The average molecular weight is 295 g/mol. The number of aryl methyl sites for hydroxylation is 2. The number of nitrogens with zero attached hydrogens (tertiary/aromatic N) is 2. The highest BCUT2D eigenvalue weighted by Crippen LogP contribution is 2.21. The van der Waals surface area contributed by atoms with E-state index >= 15 is 0 Å². The summed E-state index contributed by atoms with van der Waals surface area (Å²) in [5.74, 6) is 1.41. The van der Waals surface area contributed by atoms with E-state index in [4.69, 9.17) is 16.3 Å². The topological polar surface area (TPSA) is 27.1 Å². The van der Waals surface area contributed by atoms with Gasteiger partial charge in [-0.15, -0.1) is 11.6 Å². The Bertz CT molecular complexity index is 563. The Labute approximate surface area is 125 Å². The van der Waals surface area contributed by atoms with E-state index in [1.807, 2.05) is 0 Å². The van der Waals surface area contributed by atoms with Crippen LogP contribution in [0.15, 0.2) is 18.2 Å². The highest BCUT2D eigenvalue weighted by Gasteiger charge is 2.10. The van der Waals surface area contributed by atoms with Gasteiger partial charge in [0.2, 0.25) is 0 Å². The Hall–Kier alpha value is -1.06. The number of benzene rings is 1. The average Bonchev–Trinajstić information content (AvgIpc) is 2.78. The summed E-state index contributed by atoms with van der Waals surface area (Å²) in [5.41, 5.74) is 3.46. The molecule has 0 amide bonds. The fraction of sp³-hybridized carbons (Fsp3) is 0.562. The molecule has 2 aromatic rings. The summed E-state index contributed by atoms with van der Waals surface area (Å²) in [4.78, 5) is 4.66. The minimum Gasteiger partial charge on any atom is -0.379 e. The first-order valence-corrected chi connectivity index (χ1v) is 7.79. The monoisotopic (exact) mass is 294 g/mol. The highest BCUT2D eigenvalue weighted by molar-refractivity contribution is 6.16. The van der Waals surface area contributed by atoms with Crippen LogP contribution in [0.1, 0.15) is 38.1 Å². The molecule has 0 bridgehead atoms. The van der Waals surface area contributed by atoms with Gasteiger partial charge in [0.15, 0.2) is 0 Å². The van der Waals surface area contributed by atoms with Crippen LogP contribution in [0.4, 0.5) is 0 Å². The fourth-order valence-electron chi connectivity index (χ4n) is 2.38. The van der Waals surface area contributed by atoms with Crippen LogP contribution >= 0.6 is 11.6 Å². The predicted octanol–water partition coefficient (Wildman–Crippen LogP) is 4.29. The molecule has 0 aliphatic carbocycles. The van der Waals surface area contributed by atoms with Crippen LogP contribution in [0.5, 0.6) is 0 Å². The lowest BCUT2D eigenvalue weighted by Gasteiger charge is -2.09. The molecule has 0 saturated carbocycles. The number of imidazole rings is 1. The summed E-state index contributed by atoms with van der Waals surface area (Å²) in [6.45, 7) is 7.99. The third kappa shape index (κ3) is 3.53. The molecule has 0 atom stereocenters. The summed E-state index contributed by atoms with van der Waals surface area (Å²) in [6.07, 6.45) is 2.45. The summed E-state index contributed by atoms with van der Waals surface area (Å²) in [5, 5.41) is 0. The van der Waals surface area contributed by atoms with Gasteiger partial charge in [-0.1, -0.05) is 12.1 Å². The number of fused-ring (bicyclic) bond motifs is 1. The second-order valence-corrected chi connectivity index (χ2v) is 5.65. The minimum absolute atomic E-state index is 0.310. The first-order valence-electron chi connectivity index (χ1n) is 7.25. The minimum atomic E-state index is 0.310. The molecular formula is C16H23ClN2O. The number of hydrogen-bond acceptors (Lipinski definition) is 2. The predicted molar refractivity (Wildman–Crippen MR) is 84.3 cm³/mol. The zero-order valence-corrected chi connectivity index (χ0v) is 13.3. The third-order valence-electron chi connectivity index (χ3n) is 3.41. The van der Waals surface area contributed by atoms with E-state index in [9.17, 15) is 0 Å². The molecule has 1 aromatic heterocycles. The molecule has 0 saturated heterocycles. The van der Waals surface area contributed by atoms with Crippen molar-refractivity contribution in [2.45, 2.75) is 52.1 Å². The number of rotatable bonds is 7. The Morgan fingerprint density at radius 1 is 1.30 bits per heavy atom. The largest absolute Gasteiger partial charge is 0.379 e. The lowest BCUT2D eigenvalue weighted by molar-refractivity contribution is 0.0754. The summed E-state index contributed by atoms with van der Waals surface area (Å²) < 4.78 is 7.81.